The molecule has 5 amide bonds. The Kier molecular flexibility index (Phi) is 7.18. The molecule has 136 valence electrons. The highest BCUT2D eigenvalue weighted by atomic mass is 16.2. The summed E-state index contributed by atoms with van der Waals surface area (Å²) in [5, 5.41) is 7.81. The first-order chi connectivity index (χ1) is 11.3. The molecule has 24 heavy (non-hydrogen) atoms. The van der Waals surface area contributed by atoms with Crippen molar-refractivity contribution in [2.45, 2.75) is 65.0 Å². The third-order valence-corrected chi connectivity index (χ3v) is 3.80. The van der Waals surface area contributed by atoms with Gasteiger partial charge in [-0.05, 0) is 26.7 Å². The SMILES string of the molecule is CCCC1(CCC)NC(=O)N(CC(=O)NCC(=O)NC(C)C)C1=O. The highest BCUT2D eigenvalue weighted by Crippen LogP contribution is 2.27. The molecule has 0 aliphatic carbocycles. The first-order valence-electron chi connectivity index (χ1n) is 8.46. The molecule has 8 heteroatoms. The van der Waals surface area contributed by atoms with Crippen molar-refractivity contribution in [3.8, 4) is 0 Å². The first-order valence-corrected chi connectivity index (χ1v) is 8.46. The van der Waals surface area contributed by atoms with E-state index in [1.165, 1.54) is 0 Å². The number of hydrogen-bond acceptors (Lipinski definition) is 4. The molecule has 1 heterocycles. The van der Waals surface area contributed by atoms with Crippen LogP contribution in [0.1, 0.15) is 53.4 Å². The van der Waals surface area contributed by atoms with Crippen molar-refractivity contribution < 1.29 is 19.2 Å². The van der Waals surface area contributed by atoms with E-state index in [0.717, 1.165) is 17.7 Å². The van der Waals surface area contributed by atoms with Gasteiger partial charge in [0.05, 0.1) is 6.54 Å². The van der Waals surface area contributed by atoms with E-state index in [-0.39, 0.29) is 30.9 Å². The van der Waals surface area contributed by atoms with E-state index >= 15 is 0 Å². The van der Waals surface area contributed by atoms with E-state index in [9.17, 15) is 19.2 Å². The van der Waals surface area contributed by atoms with Crippen LogP contribution in [0.3, 0.4) is 0 Å². The number of nitrogens with zero attached hydrogens (tertiary/aromatic N) is 1. The van der Waals surface area contributed by atoms with Crippen molar-refractivity contribution >= 4 is 23.8 Å². The molecule has 1 saturated heterocycles. The quantitative estimate of drug-likeness (QED) is 0.532. The number of amides is 5. The van der Waals surface area contributed by atoms with Gasteiger partial charge in [0, 0.05) is 6.04 Å². The van der Waals surface area contributed by atoms with Crippen molar-refractivity contribution in [1.29, 1.82) is 0 Å². The highest BCUT2D eigenvalue weighted by molar-refractivity contribution is 6.09. The average Bonchev–Trinajstić information content (AvgIpc) is 2.70. The van der Waals surface area contributed by atoms with E-state index in [2.05, 4.69) is 16.0 Å². The molecule has 0 aromatic rings. The lowest BCUT2D eigenvalue weighted by molar-refractivity contribution is -0.135. The monoisotopic (exact) mass is 340 g/mol. The number of urea groups is 1. The highest BCUT2D eigenvalue weighted by Gasteiger charge is 2.50. The second-order valence-corrected chi connectivity index (χ2v) is 6.40. The van der Waals surface area contributed by atoms with Crippen molar-refractivity contribution in [2.75, 3.05) is 13.1 Å². The fourth-order valence-corrected chi connectivity index (χ4v) is 2.89. The number of carbonyl (C=O) groups excluding carboxylic acids is 4. The first kappa shape index (κ1) is 19.9. The zero-order chi connectivity index (χ0) is 18.3. The van der Waals surface area contributed by atoms with Gasteiger partial charge in [0.25, 0.3) is 5.91 Å². The lowest BCUT2D eigenvalue weighted by atomic mass is 9.88. The third-order valence-electron chi connectivity index (χ3n) is 3.80. The Labute approximate surface area is 142 Å². The molecule has 0 unspecified atom stereocenters. The summed E-state index contributed by atoms with van der Waals surface area (Å²) in [6.07, 6.45) is 2.59. The molecule has 0 aromatic heterocycles. The van der Waals surface area contributed by atoms with Crippen LogP contribution in [0.2, 0.25) is 0 Å². The molecular weight excluding hydrogens is 312 g/mol. The Morgan fingerprint density at radius 1 is 1.12 bits per heavy atom. The van der Waals surface area contributed by atoms with Gasteiger partial charge in [0.2, 0.25) is 11.8 Å². The lowest BCUT2D eigenvalue weighted by Gasteiger charge is -2.25. The topological polar surface area (TPSA) is 108 Å². The maximum atomic E-state index is 12.6. The van der Waals surface area contributed by atoms with E-state index < -0.39 is 17.5 Å². The molecule has 1 fully saturated rings. The summed E-state index contributed by atoms with van der Waals surface area (Å²) in [4.78, 5) is 49.1. The summed E-state index contributed by atoms with van der Waals surface area (Å²) in [6.45, 7) is 6.95. The molecule has 0 saturated carbocycles. The van der Waals surface area contributed by atoms with Crippen molar-refractivity contribution in [3.63, 3.8) is 0 Å². The van der Waals surface area contributed by atoms with E-state index in [1.54, 1.807) is 0 Å². The Bertz CT molecular complexity index is 498. The van der Waals surface area contributed by atoms with Crippen LogP contribution in [0.15, 0.2) is 0 Å². The zero-order valence-electron chi connectivity index (χ0n) is 14.9. The number of hydrogen-bond donors (Lipinski definition) is 3. The minimum absolute atomic E-state index is 0.0240. The molecule has 0 aromatic carbocycles. The lowest BCUT2D eigenvalue weighted by Crippen LogP contribution is -2.48. The van der Waals surface area contributed by atoms with Crippen LogP contribution < -0.4 is 16.0 Å². The molecular formula is C16H28N4O4. The Hall–Kier alpha value is -2.12. The van der Waals surface area contributed by atoms with E-state index in [1.807, 2.05) is 27.7 Å². The van der Waals surface area contributed by atoms with Gasteiger partial charge in [-0.2, -0.15) is 0 Å². The van der Waals surface area contributed by atoms with Crippen LogP contribution in [0, 0.1) is 0 Å². The van der Waals surface area contributed by atoms with Gasteiger partial charge in [0.1, 0.15) is 12.1 Å². The van der Waals surface area contributed by atoms with Gasteiger partial charge in [-0.1, -0.05) is 26.7 Å². The van der Waals surface area contributed by atoms with Crippen LogP contribution in [0.5, 0.6) is 0 Å². The predicted molar refractivity (Wildman–Crippen MR) is 89.1 cm³/mol. The standard InChI is InChI=1S/C16H28N4O4/c1-5-7-16(8-6-2)14(23)20(15(24)19-16)10-13(22)17-9-12(21)18-11(3)4/h11H,5-10H2,1-4H3,(H,17,22)(H,18,21)(H,19,24). The number of imide groups is 1. The largest absolute Gasteiger partial charge is 0.352 e. The maximum Gasteiger partial charge on any atom is 0.325 e. The number of rotatable bonds is 9. The zero-order valence-corrected chi connectivity index (χ0v) is 14.9. The van der Waals surface area contributed by atoms with Gasteiger partial charge in [0.15, 0.2) is 0 Å². The number of nitrogens with one attached hydrogen (secondary N) is 3. The summed E-state index contributed by atoms with van der Waals surface area (Å²) < 4.78 is 0. The summed E-state index contributed by atoms with van der Waals surface area (Å²) in [6, 6.07) is -0.576. The van der Waals surface area contributed by atoms with Gasteiger partial charge < -0.3 is 16.0 Å². The molecule has 0 spiro atoms. The second kappa shape index (κ2) is 8.65. The molecule has 0 atom stereocenters. The van der Waals surface area contributed by atoms with Crippen molar-refractivity contribution in [3.05, 3.63) is 0 Å². The maximum absolute atomic E-state index is 12.6. The molecule has 1 rings (SSSR count). The fraction of sp³-hybridized carbons (Fsp3) is 0.750. The molecule has 1 aliphatic heterocycles. The van der Waals surface area contributed by atoms with E-state index in [0.29, 0.717) is 12.8 Å². The summed E-state index contributed by atoms with van der Waals surface area (Å²) >= 11 is 0. The summed E-state index contributed by atoms with van der Waals surface area (Å²) in [7, 11) is 0. The molecule has 0 bridgehead atoms. The molecule has 0 radical (unpaired) electrons. The van der Waals surface area contributed by atoms with E-state index in [4.69, 9.17) is 0 Å². The average molecular weight is 340 g/mol. The van der Waals surface area contributed by atoms with Gasteiger partial charge in [-0.25, -0.2) is 4.79 Å². The van der Waals surface area contributed by atoms with Gasteiger partial charge in [-0.15, -0.1) is 0 Å². The van der Waals surface area contributed by atoms with Crippen molar-refractivity contribution in [1.82, 2.24) is 20.9 Å². The predicted octanol–water partition coefficient (Wildman–Crippen LogP) is 0.518. The summed E-state index contributed by atoms with van der Waals surface area (Å²) in [5.41, 5.74) is -0.907. The van der Waals surface area contributed by atoms with Crippen LogP contribution in [-0.4, -0.2) is 53.3 Å². The second-order valence-electron chi connectivity index (χ2n) is 6.40. The Balaban J connectivity index is 2.64. The van der Waals surface area contributed by atoms with Gasteiger partial charge >= 0.3 is 6.03 Å². The van der Waals surface area contributed by atoms with Crippen LogP contribution in [-0.2, 0) is 14.4 Å². The minimum atomic E-state index is -0.907. The minimum Gasteiger partial charge on any atom is -0.352 e. The smallest absolute Gasteiger partial charge is 0.325 e. The van der Waals surface area contributed by atoms with Crippen molar-refractivity contribution in [2.24, 2.45) is 0 Å². The molecule has 1 aliphatic rings. The normalized spacial score (nSPS) is 16.3. The Morgan fingerprint density at radius 3 is 2.21 bits per heavy atom. The van der Waals surface area contributed by atoms with Crippen LogP contribution >= 0.6 is 0 Å². The third kappa shape index (κ3) is 4.94. The van der Waals surface area contributed by atoms with Gasteiger partial charge in [-0.3, -0.25) is 19.3 Å². The fourth-order valence-electron chi connectivity index (χ4n) is 2.89. The summed E-state index contributed by atoms with van der Waals surface area (Å²) in [5.74, 6) is -1.22. The Morgan fingerprint density at radius 2 is 1.71 bits per heavy atom. The van der Waals surface area contributed by atoms with Crippen LogP contribution in [0.4, 0.5) is 4.79 Å². The molecule has 3 N–H and O–H groups in total. The number of carbonyl (C=O) groups is 4. The molecule has 8 nitrogen and oxygen atoms in total. The van der Waals surface area contributed by atoms with Crippen LogP contribution in [0.25, 0.3) is 0 Å².